The molecule has 1 saturated heterocycles. The summed E-state index contributed by atoms with van der Waals surface area (Å²) in [5.41, 5.74) is 5.90. The molecule has 9 nitrogen and oxygen atoms in total. The van der Waals surface area contributed by atoms with Crippen LogP contribution in [-0.4, -0.2) is 50.0 Å². The number of benzene rings is 1. The van der Waals surface area contributed by atoms with E-state index in [4.69, 9.17) is 10.5 Å². The summed E-state index contributed by atoms with van der Waals surface area (Å²) < 4.78 is 7.46. The van der Waals surface area contributed by atoms with Gasteiger partial charge in [0.2, 0.25) is 5.91 Å². The van der Waals surface area contributed by atoms with Crippen molar-refractivity contribution >= 4 is 11.8 Å². The third-order valence-electron chi connectivity index (χ3n) is 4.68. The largest absolute Gasteiger partial charge is 0.486 e. The molecular formula is C18H24N6O3. The quantitative estimate of drug-likeness (QED) is 0.814. The molecule has 2 amide bonds. The Labute approximate surface area is 157 Å². The maximum Gasteiger partial charge on any atom is 0.253 e. The number of nitrogens with zero attached hydrogens (tertiary/aromatic N) is 5. The van der Waals surface area contributed by atoms with Gasteiger partial charge in [0.1, 0.15) is 12.4 Å². The molecule has 1 aliphatic rings. The predicted octanol–water partition coefficient (Wildman–Crippen LogP) is 1.17. The third kappa shape index (κ3) is 4.42. The topological polar surface area (TPSA) is 116 Å². The molecule has 0 bridgehead atoms. The van der Waals surface area contributed by atoms with Gasteiger partial charge < -0.3 is 15.4 Å². The smallest absolute Gasteiger partial charge is 0.253 e. The van der Waals surface area contributed by atoms with Crippen LogP contribution in [0.3, 0.4) is 0 Å². The molecule has 0 aliphatic carbocycles. The van der Waals surface area contributed by atoms with E-state index in [1.165, 1.54) is 0 Å². The highest BCUT2D eigenvalue weighted by Gasteiger charge is 2.26. The lowest BCUT2D eigenvalue weighted by molar-refractivity contribution is -0.123. The SMILES string of the molecule is CC(C)n1nnnc1COc1cccc(C(=O)N2CCC(C(N)=O)CC2)c1. The molecule has 1 aromatic heterocycles. The number of tetrazole rings is 1. The number of rotatable bonds is 6. The summed E-state index contributed by atoms with van der Waals surface area (Å²) in [6, 6.07) is 7.18. The van der Waals surface area contributed by atoms with E-state index >= 15 is 0 Å². The van der Waals surface area contributed by atoms with Crippen molar-refractivity contribution < 1.29 is 14.3 Å². The Morgan fingerprint density at radius 2 is 2.04 bits per heavy atom. The van der Waals surface area contributed by atoms with Crippen molar-refractivity contribution in [3.8, 4) is 5.75 Å². The molecule has 27 heavy (non-hydrogen) atoms. The van der Waals surface area contributed by atoms with E-state index in [0.29, 0.717) is 43.1 Å². The number of carbonyl (C=O) groups excluding carboxylic acids is 2. The van der Waals surface area contributed by atoms with Gasteiger partial charge in [0.25, 0.3) is 5.91 Å². The van der Waals surface area contributed by atoms with Crippen molar-refractivity contribution in [3.05, 3.63) is 35.7 Å². The lowest BCUT2D eigenvalue weighted by Crippen LogP contribution is -2.41. The number of ether oxygens (including phenoxy) is 1. The number of primary amides is 1. The van der Waals surface area contributed by atoms with Crippen molar-refractivity contribution in [3.63, 3.8) is 0 Å². The van der Waals surface area contributed by atoms with Gasteiger partial charge in [-0.1, -0.05) is 6.07 Å². The first-order chi connectivity index (χ1) is 13.0. The molecule has 0 unspecified atom stereocenters. The van der Waals surface area contributed by atoms with E-state index < -0.39 is 0 Å². The number of likely N-dealkylation sites (tertiary alicyclic amines) is 1. The minimum atomic E-state index is -0.291. The maximum absolute atomic E-state index is 12.7. The first-order valence-corrected chi connectivity index (χ1v) is 9.04. The van der Waals surface area contributed by atoms with Crippen LogP contribution in [-0.2, 0) is 11.4 Å². The van der Waals surface area contributed by atoms with Gasteiger partial charge in [-0.25, -0.2) is 4.68 Å². The van der Waals surface area contributed by atoms with Gasteiger partial charge >= 0.3 is 0 Å². The van der Waals surface area contributed by atoms with Gasteiger partial charge in [-0.3, -0.25) is 9.59 Å². The van der Waals surface area contributed by atoms with E-state index in [2.05, 4.69) is 15.5 Å². The first-order valence-electron chi connectivity index (χ1n) is 9.04. The van der Waals surface area contributed by atoms with E-state index in [1.54, 1.807) is 33.8 Å². The molecule has 2 aromatic rings. The third-order valence-corrected chi connectivity index (χ3v) is 4.68. The average molecular weight is 372 g/mol. The summed E-state index contributed by atoms with van der Waals surface area (Å²) >= 11 is 0. The monoisotopic (exact) mass is 372 g/mol. The normalized spacial score (nSPS) is 15.1. The average Bonchev–Trinajstić information content (AvgIpc) is 3.15. The number of aromatic nitrogens is 4. The maximum atomic E-state index is 12.7. The zero-order chi connectivity index (χ0) is 19.4. The van der Waals surface area contributed by atoms with Crippen LogP contribution >= 0.6 is 0 Å². The number of piperidine rings is 1. The van der Waals surface area contributed by atoms with Gasteiger partial charge in [-0.05, 0) is 55.3 Å². The molecule has 0 radical (unpaired) electrons. The Balaban J connectivity index is 1.62. The van der Waals surface area contributed by atoms with Crippen LogP contribution in [0.25, 0.3) is 0 Å². The second-order valence-corrected chi connectivity index (χ2v) is 6.92. The van der Waals surface area contributed by atoms with Gasteiger partial charge in [-0.15, -0.1) is 5.10 Å². The molecule has 1 fully saturated rings. The van der Waals surface area contributed by atoms with Crippen molar-refractivity contribution in [1.29, 1.82) is 0 Å². The van der Waals surface area contributed by atoms with Gasteiger partial charge in [0.15, 0.2) is 5.82 Å². The zero-order valence-corrected chi connectivity index (χ0v) is 15.5. The molecule has 3 rings (SSSR count). The fourth-order valence-electron chi connectivity index (χ4n) is 3.12. The fraction of sp³-hybridized carbons (Fsp3) is 0.500. The van der Waals surface area contributed by atoms with E-state index in [1.807, 2.05) is 13.8 Å². The molecule has 2 N–H and O–H groups in total. The molecule has 9 heteroatoms. The fourth-order valence-corrected chi connectivity index (χ4v) is 3.12. The molecule has 0 saturated carbocycles. The lowest BCUT2D eigenvalue weighted by atomic mass is 9.96. The molecule has 1 aromatic carbocycles. The summed E-state index contributed by atoms with van der Waals surface area (Å²) in [4.78, 5) is 25.7. The first kappa shape index (κ1) is 18.8. The molecule has 2 heterocycles. The summed E-state index contributed by atoms with van der Waals surface area (Å²) in [7, 11) is 0. The summed E-state index contributed by atoms with van der Waals surface area (Å²) in [6.45, 7) is 5.25. The Morgan fingerprint density at radius 3 is 2.70 bits per heavy atom. The van der Waals surface area contributed by atoms with Crippen LogP contribution in [0.1, 0.15) is 48.9 Å². The second kappa shape index (κ2) is 8.15. The van der Waals surface area contributed by atoms with Gasteiger partial charge in [-0.2, -0.15) is 0 Å². The Morgan fingerprint density at radius 1 is 1.30 bits per heavy atom. The number of hydrogen-bond acceptors (Lipinski definition) is 6. The Kier molecular flexibility index (Phi) is 5.68. The van der Waals surface area contributed by atoms with Crippen LogP contribution in [0.15, 0.2) is 24.3 Å². The van der Waals surface area contributed by atoms with Crippen molar-refractivity contribution in [1.82, 2.24) is 25.1 Å². The minimum absolute atomic E-state index is 0.0737. The standard InChI is InChI=1S/C18H24N6O3/c1-12(2)24-16(20-21-22-24)11-27-15-5-3-4-14(10-15)18(26)23-8-6-13(7-9-23)17(19)25/h3-5,10,12-13H,6-9,11H2,1-2H3,(H2,19,25). The molecule has 144 valence electrons. The molecular weight excluding hydrogens is 348 g/mol. The highest BCUT2D eigenvalue weighted by molar-refractivity contribution is 5.94. The van der Waals surface area contributed by atoms with Crippen LogP contribution < -0.4 is 10.5 Å². The molecule has 0 spiro atoms. The molecule has 0 atom stereocenters. The second-order valence-electron chi connectivity index (χ2n) is 6.92. The number of nitrogens with two attached hydrogens (primary N) is 1. The lowest BCUT2D eigenvalue weighted by Gasteiger charge is -2.30. The Bertz CT molecular complexity index is 811. The number of amides is 2. The minimum Gasteiger partial charge on any atom is -0.486 e. The van der Waals surface area contributed by atoms with Gasteiger partial charge in [0, 0.05) is 24.6 Å². The number of carbonyl (C=O) groups is 2. The van der Waals surface area contributed by atoms with E-state index in [-0.39, 0.29) is 30.4 Å². The van der Waals surface area contributed by atoms with Crippen molar-refractivity contribution in [2.24, 2.45) is 11.7 Å². The highest BCUT2D eigenvalue weighted by Crippen LogP contribution is 2.21. The predicted molar refractivity (Wildman–Crippen MR) is 96.8 cm³/mol. The van der Waals surface area contributed by atoms with Crippen LogP contribution in [0, 0.1) is 5.92 Å². The van der Waals surface area contributed by atoms with Gasteiger partial charge in [0.05, 0.1) is 6.04 Å². The number of hydrogen-bond donors (Lipinski definition) is 1. The van der Waals surface area contributed by atoms with E-state index in [9.17, 15) is 9.59 Å². The van der Waals surface area contributed by atoms with Crippen LogP contribution in [0.2, 0.25) is 0 Å². The summed E-state index contributed by atoms with van der Waals surface area (Å²) in [5.74, 6) is 0.689. The van der Waals surface area contributed by atoms with Crippen molar-refractivity contribution in [2.45, 2.75) is 39.3 Å². The van der Waals surface area contributed by atoms with Crippen molar-refractivity contribution in [2.75, 3.05) is 13.1 Å². The highest BCUT2D eigenvalue weighted by atomic mass is 16.5. The Hall–Kier alpha value is -2.97. The van der Waals surface area contributed by atoms with E-state index in [0.717, 1.165) is 0 Å². The van der Waals surface area contributed by atoms with Crippen LogP contribution in [0.5, 0.6) is 5.75 Å². The molecule has 1 aliphatic heterocycles. The summed E-state index contributed by atoms with van der Waals surface area (Å²) in [5, 5.41) is 11.6. The zero-order valence-electron chi connectivity index (χ0n) is 15.5. The summed E-state index contributed by atoms with van der Waals surface area (Å²) in [6.07, 6.45) is 1.21. The van der Waals surface area contributed by atoms with Crippen LogP contribution in [0.4, 0.5) is 0 Å².